The molecule has 0 aliphatic heterocycles. The summed E-state index contributed by atoms with van der Waals surface area (Å²) in [4.78, 5) is 36.6. The first kappa shape index (κ1) is 62.0. The van der Waals surface area contributed by atoms with E-state index in [2.05, 4.69) is 54.4 Å². The maximum absolute atomic E-state index is 12.9. The van der Waals surface area contributed by atoms with Crippen LogP contribution in [0.3, 0.4) is 0 Å². The molecule has 0 aliphatic carbocycles. The molecule has 0 spiro atoms. The standard InChI is InChI=1S/C7H4F2IN3.C7H5F2N3O.C7H3FIN3.C6H5ClF2N2O.C4H9O.2CH4.K/c1-11-6-3-12-5(2-13-6)7(8,9)4-10;1-10-6-3-11-5(2-12-6)7(8,9)4-13;1-10-7-4-11-6(3-12-7)5(8)2-9;7-5-2-10-4(1-11-5)6(8,9)3-12;1-4(2,3)5;;;/h2-3H,4H2;2-3,13H,4H2;2-4H;1-2,12H,3H2;1-3H3;2*1H4;/q;;;;-1;;;+1/b;;5-2-;;;;;. The molecule has 0 atom stereocenters. The Hall–Kier alpha value is -2.69. The van der Waals surface area contributed by atoms with Crippen LogP contribution in [-0.2, 0) is 17.8 Å². The molecule has 0 bridgehead atoms. The molecule has 0 aromatic carbocycles. The smallest absolute Gasteiger partial charge is 0.850 e. The Morgan fingerprint density at radius 3 is 1.24 bits per heavy atom. The van der Waals surface area contributed by atoms with Crippen molar-refractivity contribution < 1.29 is 97.4 Å². The van der Waals surface area contributed by atoms with Crippen LogP contribution in [0.1, 0.15) is 58.4 Å². The van der Waals surface area contributed by atoms with Crippen molar-refractivity contribution in [3.05, 3.63) is 116 Å². The van der Waals surface area contributed by atoms with Gasteiger partial charge in [-0.25, -0.2) is 9.37 Å². The Kier molecular flexibility index (Phi) is 32.4. The SMILES string of the molecule is C.C.CC(C)(C)[O-].OCC(F)(F)c1cnc(Cl)cn1.[C-]#[N+]c1cnc(/C(F)=C/I)cn1.[C-]#[N+]c1cnc(C(F)(F)CI)cn1.[C-]#[N+]c1cnc(C(F)(F)CO)cn1.[K+]. The van der Waals surface area contributed by atoms with Crippen molar-refractivity contribution in [1.82, 2.24) is 39.9 Å². The number of hydrogen-bond acceptors (Lipinski definition) is 11. The molecule has 0 radical (unpaired) electrons. The minimum Gasteiger partial charge on any atom is -0.850 e. The molecule has 4 aromatic rings. The molecule has 0 aliphatic rings. The van der Waals surface area contributed by atoms with Gasteiger partial charge in [0.25, 0.3) is 17.5 Å². The fourth-order valence-corrected chi connectivity index (χ4v) is 3.23. The van der Waals surface area contributed by atoms with E-state index in [1.807, 2.05) is 0 Å². The fourth-order valence-electron chi connectivity index (χ4n) is 2.43. The van der Waals surface area contributed by atoms with Crippen molar-refractivity contribution in [2.45, 2.75) is 59.0 Å². The molecule has 58 heavy (non-hydrogen) atoms. The van der Waals surface area contributed by atoms with Crippen LogP contribution < -0.4 is 56.5 Å². The molecule has 0 unspecified atom stereocenters. The quantitative estimate of drug-likeness (QED) is 0.0726. The number of aromatic nitrogens is 8. The number of halogens is 10. The van der Waals surface area contributed by atoms with E-state index in [-0.39, 0.29) is 99.0 Å². The molecule has 0 saturated carbocycles. The summed E-state index contributed by atoms with van der Waals surface area (Å²) < 4.78 is 90.2. The molecular formula is C33H34ClF7I2KN11O3. The number of aliphatic hydroxyl groups is 2. The van der Waals surface area contributed by atoms with Crippen LogP contribution in [-0.4, -0.2) is 73.3 Å². The van der Waals surface area contributed by atoms with Gasteiger partial charge in [0.2, 0.25) is 0 Å². The van der Waals surface area contributed by atoms with Crippen molar-refractivity contribution in [2.24, 2.45) is 0 Å². The predicted octanol–water partition coefficient (Wildman–Crippen LogP) is 6.03. The van der Waals surface area contributed by atoms with Crippen LogP contribution in [0.15, 0.2) is 53.7 Å². The number of nitrogens with zero attached hydrogens (tertiary/aromatic N) is 11. The minimum atomic E-state index is -3.40. The van der Waals surface area contributed by atoms with E-state index < -0.39 is 59.5 Å². The van der Waals surface area contributed by atoms with Gasteiger partial charge in [0.15, 0.2) is 17.2 Å². The van der Waals surface area contributed by atoms with E-state index in [1.165, 1.54) is 16.5 Å². The molecule has 0 fully saturated rings. The second kappa shape index (κ2) is 30.3. The average Bonchev–Trinajstić information content (AvgIpc) is 3.18. The summed E-state index contributed by atoms with van der Waals surface area (Å²) in [5.74, 6) is -10.0. The van der Waals surface area contributed by atoms with Crippen molar-refractivity contribution in [3.63, 3.8) is 0 Å². The first-order valence-electron chi connectivity index (χ1n) is 14.2. The van der Waals surface area contributed by atoms with Crippen LogP contribution in [0.2, 0.25) is 5.15 Å². The van der Waals surface area contributed by atoms with E-state index in [1.54, 1.807) is 66.0 Å². The van der Waals surface area contributed by atoms with Gasteiger partial charge >= 0.3 is 69.2 Å². The van der Waals surface area contributed by atoms with E-state index in [0.29, 0.717) is 0 Å². The van der Waals surface area contributed by atoms with Gasteiger partial charge in [0.05, 0.1) is 35.4 Å². The molecule has 0 saturated heterocycles. The van der Waals surface area contributed by atoms with Gasteiger partial charge in [-0.3, -0.25) is 19.9 Å². The Labute approximate surface area is 405 Å². The predicted molar refractivity (Wildman–Crippen MR) is 213 cm³/mol. The van der Waals surface area contributed by atoms with Gasteiger partial charge < -0.3 is 29.9 Å². The molecule has 14 nitrogen and oxygen atoms in total. The maximum Gasteiger partial charge on any atom is 1.00 e. The van der Waals surface area contributed by atoms with Gasteiger partial charge in [-0.1, -0.05) is 89.5 Å². The van der Waals surface area contributed by atoms with Crippen molar-refractivity contribution in [3.8, 4) is 0 Å². The molecule has 4 aromatic heterocycles. The number of aliphatic hydroxyl groups excluding tert-OH is 2. The van der Waals surface area contributed by atoms with E-state index in [0.717, 1.165) is 37.2 Å². The molecule has 2 N–H and O–H groups in total. The number of hydrogen-bond donors (Lipinski definition) is 2. The largest absolute Gasteiger partial charge is 1.00 e. The Morgan fingerprint density at radius 2 is 1.00 bits per heavy atom. The topological polar surface area (TPSA) is 180 Å². The third-order valence-corrected chi connectivity index (χ3v) is 6.61. The molecule has 4 heterocycles. The van der Waals surface area contributed by atoms with Crippen molar-refractivity contribution in [2.75, 3.05) is 17.6 Å². The number of rotatable bonds is 7. The van der Waals surface area contributed by atoms with Gasteiger partial charge in [-0.05, 0) is 22.6 Å². The van der Waals surface area contributed by atoms with E-state index in [9.17, 15) is 35.8 Å². The van der Waals surface area contributed by atoms with Gasteiger partial charge in [0, 0.05) is 4.08 Å². The maximum atomic E-state index is 12.9. The van der Waals surface area contributed by atoms with Crippen LogP contribution in [0, 0.1) is 19.7 Å². The Balaban J connectivity index is -0.000000317. The third kappa shape index (κ3) is 25.0. The number of alkyl halides is 7. The van der Waals surface area contributed by atoms with E-state index >= 15 is 0 Å². The van der Waals surface area contributed by atoms with Crippen LogP contribution >= 0.6 is 56.8 Å². The molecule has 310 valence electrons. The zero-order valence-electron chi connectivity index (χ0n) is 29.3. The van der Waals surface area contributed by atoms with Gasteiger partial charge in [0.1, 0.15) is 48.3 Å². The van der Waals surface area contributed by atoms with Gasteiger partial charge in [-0.15, -0.1) is 20.6 Å². The minimum absolute atomic E-state index is 0. The monoisotopic (exact) mass is 1090 g/mol. The summed E-state index contributed by atoms with van der Waals surface area (Å²) in [6.07, 6.45) is 8.00. The first-order valence-corrected chi connectivity index (χ1v) is 17.3. The average molecular weight is 1090 g/mol. The summed E-state index contributed by atoms with van der Waals surface area (Å²) in [5, 5.41) is 26.7. The zero-order chi connectivity index (χ0) is 42.5. The zero-order valence-corrected chi connectivity index (χ0v) is 37.5. The second-order valence-corrected chi connectivity index (χ2v) is 12.2. The Morgan fingerprint density at radius 1 is 0.672 bits per heavy atom. The third-order valence-electron chi connectivity index (χ3n) is 4.91. The van der Waals surface area contributed by atoms with Crippen LogP contribution in [0.5, 0.6) is 0 Å². The second-order valence-electron chi connectivity index (χ2n) is 10.5. The summed E-state index contributed by atoms with van der Waals surface area (Å²) in [7, 11) is 0. The molecule has 25 heteroatoms. The van der Waals surface area contributed by atoms with Crippen LogP contribution in [0.4, 0.5) is 48.2 Å². The molecule has 0 amide bonds. The first-order chi connectivity index (χ1) is 25.5. The fraction of sp³-hybridized carbons (Fsp3) is 0.364. The molecular weight excluding hydrogens is 1060 g/mol. The summed E-state index contributed by atoms with van der Waals surface area (Å²) >= 11 is 8.67. The summed E-state index contributed by atoms with van der Waals surface area (Å²) in [6.45, 7) is 21.9. The van der Waals surface area contributed by atoms with Gasteiger partial charge in [-0.2, -0.15) is 26.3 Å². The molecule has 4 rings (SSSR count). The van der Waals surface area contributed by atoms with Crippen molar-refractivity contribution >= 4 is 80.1 Å². The van der Waals surface area contributed by atoms with Crippen molar-refractivity contribution in [1.29, 1.82) is 0 Å². The van der Waals surface area contributed by atoms with Crippen LogP contribution in [0.25, 0.3) is 20.4 Å². The summed E-state index contributed by atoms with van der Waals surface area (Å²) in [5.41, 5.74) is -2.22. The van der Waals surface area contributed by atoms with E-state index in [4.69, 9.17) is 41.5 Å². The Bertz CT molecular complexity index is 1840. The normalized spacial score (nSPS) is 10.6. The summed E-state index contributed by atoms with van der Waals surface area (Å²) in [6, 6.07) is 0.